The van der Waals surface area contributed by atoms with Crippen LogP contribution in [0.1, 0.15) is 62.2 Å². The van der Waals surface area contributed by atoms with E-state index < -0.39 is 5.82 Å². The van der Waals surface area contributed by atoms with Crippen molar-refractivity contribution in [2.75, 3.05) is 19.7 Å². The van der Waals surface area contributed by atoms with Crippen LogP contribution in [0, 0.1) is 11.7 Å². The van der Waals surface area contributed by atoms with Gasteiger partial charge in [-0.1, -0.05) is 38.7 Å². The van der Waals surface area contributed by atoms with E-state index >= 15 is 0 Å². The van der Waals surface area contributed by atoms with Crippen LogP contribution in [0.2, 0.25) is 0 Å². The van der Waals surface area contributed by atoms with Gasteiger partial charge in [-0.15, -0.1) is 0 Å². The van der Waals surface area contributed by atoms with Crippen molar-refractivity contribution in [3.05, 3.63) is 35.6 Å². The number of ether oxygens (including phenoxy) is 1. The van der Waals surface area contributed by atoms with Crippen LogP contribution in [0.25, 0.3) is 0 Å². The number of halogens is 1. The van der Waals surface area contributed by atoms with Crippen molar-refractivity contribution in [3.63, 3.8) is 0 Å². The highest BCUT2D eigenvalue weighted by Gasteiger charge is 2.28. The second-order valence-electron chi connectivity index (χ2n) is 6.66. The average Bonchev–Trinajstić information content (AvgIpc) is 2.64. The van der Waals surface area contributed by atoms with Crippen LogP contribution in [-0.4, -0.2) is 36.5 Å². The Morgan fingerprint density at radius 3 is 2.56 bits per heavy atom. The van der Waals surface area contributed by atoms with Crippen molar-refractivity contribution in [2.45, 2.75) is 51.9 Å². The summed E-state index contributed by atoms with van der Waals surface area (Å²) in [7, 11) is 0. The molecule has 1 saturated heterocycles. The minimum Gasteiger partial charge on any atom is -0.465 e. The Labute approximate surface area is 149 Å². The molecular weight excluding hydrogens is 321 g/mol. The summed E-state index contributed by atoms with van der Waals surface area (Å²) in [6, 6.07) is 5.72. The number of piperidine rings is 1. The molecular formula is C20H28FNO3. The molecule has 25 heavy (non-hydrogen) atoms. The van der Waals surface area contributed by atoms with E-state index in [1.165, 1.54) is 37.5 Å². The average molecular weight is 349 g/mol. The molecule has 1 aromatic rings. The lowest BCUT2D eigenvalue weighted by Crippen LogP contribution is -2.40. The fraction of sp³-hybridized carbons (Fsp3) is 0.600. The molecule has 138 valence electrons. The molecule has 1 aliphatic heterocycles. The quantitative estimate of drug-likeness (QED) is 0.522. The van der Waals surface area contributed by atoms with Gasteiger partial charge in [0, 0.05) is 18.7 Å². The maximum Gasteiger partial charge on any atom is 0.309 e. The molecule has 0 N–H and O–H groups in total. The molecule has 0 aromatic heterocycles. The van der Waals surface area contributed by atoms with Gasteiger partial charge in [-0.05, 0) is 37.5 Å². The fourth-order valence-corrected chi connectivity index (χ4v) is 3.12. The fourth-order valence-electron chi connectivity index (χ4n) is 3.12. The van der Waals surface area contributed by atoms with Crippen LogP contribution in [0.4, 0.5) is 4.39 Å². The van der Waals surface area contributed by atoms with E-state index in [1.807, 2.05) is 0 Å². The van der Waals surface area contributed by atoms with Gasteiger partial charge < -0.3 is 9.64 Å². The van der Waals surface area contributed by atoms with Crippen LogP contribution in [0.5, 0.6) is 0 Å². The summed E-state index contributed by atoms with van der Waals surface area (Å²) in [6.07, 6.45) is 6.85. The molecule has 5 heteroatoms. The molecule has 2 rings (SSSR count). The van der Waals surface area contributed by atoms with Gasteiger partial charge in [0.15, 0.2) is 0 Å². The van der Waals surface area contributed by atoms with Crippen molar-refractivity contribution < 1.29 is 18.7 Å². The number of hydrogen-bond acceptors (Lipinski definition) is 3. The Bertz CT molecular complexity index is 568. The molecule has 0 radical (unpaired) electrons. The minimum absolute atomic E-state index is 0.132. The van der Waals surface area contributed by atoms with Gasteiger partial charge in [0.1, 0.15) is 5.82 Å². The Morgan fingerprint density at radius 1 is 1.16 bits per heavy atom. The van der Waals surface area contributed by atoms with Crippen LogP contribution in [0.15, 0.2) is 24.3 Å². The Morgan fingerprint density at radius 2 is 1.88 bits per heavy atom. The van der Waals surface area contributed by atoms with E-state index in [4.69, 9.17) is 4.74 Å². The van der Waals surface area contributed by atoms with Crippen LogP contribution < -0.4 is 0 Å². The summed E-state index contributed by atoms with van der Waals surface area (Å²) < 4.78 is 18.6. The molecule has 1 amide bonds. The molecule has 0 aliphatic carbocycles. The number of unbranched alkanes of at least 4 members (excludes halogenated alkanes) is 4. The number of carbonyl (C=O) groups excluding carboxylic acids is 2. The van der Waals surface area contributed by atoms with Crippen LogP contribution in [-0.2, 0) is 9.53 Å². The zero-order chi connectivity index (χ0) is 18.1. The molecule has 4 nitrogen and oxygen atoms in total. The molecule has 0 saturated carbocycles. The van der Waals surface area contributed by atoms with Crippen molar-refractivity contribution in [3.8, 4) is 0 Å². The molecule has 0 spiro atoms. The summed E-state index contributed by atoms with van der Waals surface area (Å²) in [5.41, 5.74) is 0.355. The monoisotopic (exact) mass is 349 g/mol. The minimum atomic E-state index is -0.414. The van der Waals surface area contributed by atoms with Crippen molar-refractivity contribution in [1.82, 2.24) is 4.90 Å². The number of amides is 1. The smallest absolute Gasteiger partial charge is 0.309 e. The number of nitrogens with zero attached hydrogens (tertiary/aromatic N) is 1. The van der Waals surface area contributed by atoms with Gasteiger partial charge in [0.25, 0.3) is 5.91 Å². The molecule has 1 fully saturated rings. The molecule has 0 bridgehead atoms. The zero-order valence-electron chi connectivity index (χ0n) is 15.0. The number of rotatable bonds is 8. The highest BCUT2D eigenvalue weighted by molar-refractivity contribution is 5.94. The summed E-state index contributed by atoms with van der Waals surface area (Å²) in [4.78, 5) is 26.2. The second-order valence-corrected chi connectivity index (χ2v) is 6.66. The van der Waals surface area contributed by atoms with E-state index in [9.17, 15) is 14.0 Å². The number of hydrogen-bond donors (Lipinski definition) is 0. The highest BCUT2D eigenvalue weighted by atomic mass is 19.1. The van der Waals surface area contributed by atoms with Crippen molar-refractivity contribution in [1.29, 1.82) is 0 Å². The first kappa shape index (κ1) is 19.4. The predicted octanol–water partition coefficient (Wildman–Crippen LogP) is 4.19. The van der Waals surface area contributed by atoms with Crippen LogP contribution in [0.3, 0.4) is 0 Å². The molecule has 0 atom stereocenters. The van der Waals surface area contributed by atoms with Gasteiger partial charge in [0.2, 0.25) is 0 Å². The van der Waals surface area contributed by atoms with Gasteiger partial charge in [-0.25, -0.2) is 4.39 Å². The predicted molar refractivity (Wildman–Crippen MR) is 94.7 cm³/mol. The Kier molecular flexibility index (Phi) is 7.89. The maximum absolute atomic E-state index is 13.2. The topological polar surface area (TPSA) is 46.6 Å². The number of likely N-dealkylation sites (tertiary alicyclic amines) is 1. The van der Waals surface area contributed by atoms with Gasteiger partial charge in [-0.2, -0.15) is 0 Å². The summed E-state index contributed by atoms with van der Waals surface area (Å²) in [5.74, 6) is -0.869. The number of esters is 1. The van der Waals surface area contributed by atoms with E-state index in [-0.39, 0.29) is 17.8 Å². The Hall–Kier alpha value is -1.91. The summed E-state index contributed by atoms with van der Waals surface area (Å²) >= 11 is 0. The largest absolute Gasteiger partial charge is 0.465 e. The lowest BCUT2D eigenvalue weighted by molar-refractivity contribution is -0.150. The summed E-state index contributed by atoms with van der Waals surface area (Å²) in [5, 5.41) is 0. The molecule has 1 aromatic carbocycles. The lowest BCUT2D eigenvalue weighted by Gasteiger charge is -2.31. The van der Waals surface area contributed by atoms with Crippen molar-refractivity contribution >= 4 is 11.9 Å². The molecule has 1 heterocycles. The SMILES string of the molecule is CCCCCCCOC(=O)C1CCN(C(=O)c2cccc(F)c2)CC1. The van der Waals surface area contributed by atoms with E-state index in [0.29, 0.717) is 38.1 Å². The zero-order valence-corrected chi connectivity index (χ0v) is 15.0. The van der Waals surface area contributed by atoms with Gasteiger partial charge >= 0.3 is 5.97 Å². The highest BCUT2D eigenvalue weighted by Crippen LogP contribution is 2.21. The third-order valence-electron chi connectivity index (χ3n) is 4.68. The third-order valence-corrected chi connectivity index (χ3v) is 4.68. The first-order chi connectivity index (χ1) is 12.1. The van der Waals surface area contributed by atoms with E-state index in [2.05, 4.69) is 6.92 Å². The number of carbonyl (C=O) groups is 2. The Balaban J connectivity index is 1.70. The number of benzene rings is 1. The maximum atomic E-state index is 13.2. The van der Waals surface area contributed by atoms with Gasteiger partial charge in [-0.3, -0.25) is 9.59 Å². The molecule has 1 aliphatic rings. The van der Waals surface area contributed by atoms with E-state index in [1.54, 1.807) is 11.0 Å². The van der Waals surface area contributed by atoms with Crippen molar-refractivity contribution in [2.24, 2.45) is 5.92 Å². The third kappa shape index (κ3) is 6.15. The lowest BCUT2D eigenvalue weighted by atomic mass is 9.96. The first-order valence-corrected chi connectivity index (χ1v) is 9.33. The summed E-state index contributed by atoms with van der Waals surface area (Å²) in [6.45, 7) is 3.67. The normalized spacial score (nSPS) is 15.2. The second kappa shape index (κ2) is 10.2. The first-order valence-electron chi connectivity index (χ1n) is 9.33. The molecule has 0 unspecified atom stereocenters. The van der Waals surface area contributed by atoms with E-state index in [0.717, 1.165) is 12.8 Å². The van der Waals surface area contributed by atoms with Gasteiger partial charge in [0.05, 0.1) is 12.5 Å². The van der Waals surface area contributed by atoms with Crippen LogP contribution >= 0.6 is 0 Å². The standard InChI is InChI=1S/C20H28FNO3/c1-2-3-4-5-6-14-25-20(24)16-10-12-22(13-11-16)19(23)17-8-7-9-18(21)15-17/h7-9,15-16H,2-6,10-14H2,1H3.